The largest absolute Gasteiger partial charge is 0.459 e. The van der Waals surface area contributed by atoms with Crippen LogP contribution in [-0.2, 0) is 42.9 Å². The summed E-state index contributed by atoms with van der Waals surface area (Å²) in [4.78, 5) is 45.0. The van der Waals surface area contributed by atoms with Gasteiger partial charge in [0.15, 0.2) is 18.8 Å². The minimum Gasteiger partial charge on any atom is -0.459 e. The van der Waals surface area contributed by atoms with E-state index in [9.17, 15) is 19.2 Å². The smallest absolute Gasteiger partial charge is 0.305 e. The Morgan fingerprint density at radius 2 is 1.58 bits per heavy atom. The lowest BCUT2D eigenvalue weighted by atomic mass is 9.94. The van der Waals surface area contributed by atoms with Crippen molar-refractivity contribution < 1.29 is 42.9 Å². The summed E-state index contributed by atoms with van der Waals surface area (Å²) in [5.74, 6) is -4.57. The Balaban J connectivity index is 3.11. The third kappa shape index (κ3) is 5.17. The summed E-state index contributed by atoms with van der Waals surface area (Å²) >= 11 is 0. The summed E-state index contributed by atoms with van der Waals surface area (Å²) in [6.45, 7) is 3.80. The lowest BCUT2D eigenvalue weighted by Gasteiger charge is -2.45. The summed E-state index contributed by atoms with van der Waals surface area (Å²) in [5, 5.41) is 0. The fourth-order valence-electron chi connectivity index (χ4n) is 2.26. The van der Waals surface area contributed by atoms with E-state index >= 15 is 0 Å². The van der Waals surface area contributed by atoms with E-state index in [1.807, 2.05) is 0 Å². The number of hydrogen-bond donors (Lipinski definition) is 1. The van der Waals surface area contributed by atoms with E-state index in [0.717, 1.165) is 20.8 Å². The van der Waals surface area contributed by atoms with Crippen LogP contribution < -0.4 is 5.73 Å². The monoisotopic (exact) mass is 347 g/mol. The Kier molecular flexibility index (Phi) is 6.67. The predicted octanol–water partition coefficient (Wildman–Crippen LogP) is -0.970. The third-order valence-corrected chi connectivity index (χ3v) is 3.13. The summed E-state index contributed by atoms with van der Waals surface area (Å²) in [6.07, 6.45) is -2.16. The lowest BCUT2D eigenvalue weighted by Crippen LogP contribution is -2.69. The quantitative estimate of drug-likeness (QED) is 0.488. The molecule has 136 valence electrons. The van der Waals surface area contributed by atoms with Crippen molar-refractivity contribution in [1.29, 1.82) is 0 Å². The van der Waals surface area contributed by atoms with Crippen LogP contribution in [0.4, 0.5) is 0 Å². The highest BCUT2D eigenvalue weighted by Gasteiger charge is 2.55. The summed E-state index contributed by atoms with van der Waals surface area (Å²) in [6, 6.07) is -1.26. The molecule has 0 unspecified atom stereocenters. The number of carbonyl (C=O) groups is 4. The first-order valence-electron chi connectivity index (χ1n) is 7.14. The first-order chi connectivity index (χ1) is 11.1. The zero-order valence-corrected chi connectivity index (χ0v) is 13.9. The topological polar surface area (TPSA) is 140 Å². The van der Waals surface area contributed by atoms with Crippen LogP contribution in [0.2, 0.25) is 0 Å². The lowest BCUT2D eigenvalue weighted by molar-refractivity contribution is -0.303. The Bertz CT molecular complexity index is 520. The Morgan fingerprint density at radius 1 is 1.00 bits per heavy atom. The molecule has 4 atom stereocenters. The molecule has 1 rings (SSSR count). The van der Waals surface area contributed by atoms with Gasteiger partial charge in [-0.2, -0.15) is 0 Å². The maximum absolute atomic E-state index is 11.4. The molecule has 1 heterocycles. The van der Waals surface area contributed by atoms with Gasteiger partial charge in [0.2, 0.25) is 0 Å². The van der Waals surface area contributed by atoms with Crippen LogP contribution in [0.3, 0.4) is 0 Å². The maximum atomic E-state index is 11.4. The average Bonchev–Trinajstić information content (AvgIpc) is 2.43. The van der Waals surface area contributed by atoms with Crippen molar-refractivity contribution in [2.75, 3.05) is 13.2 Å². The van der Waals surface area contributed by atoms with Crippen molar-refractivity contribution in [2.45, 2.75) is 51.7 Å². The highest BCUT2D eigenvalue weighted by Crippen LogP contribution is 2.30. The predicted molar refractivity (Wildman–Crippen MR) is 76.2 cm³/mol. The molecule has 0 saturated carbocycles. The van der Waals surface area contributed by atoms with Crippen molar-refractivity contribution in [2.24, 2.45) is 5.73 Å². The van der Waals surface area contributed by atoms with Crippen molar-refractivity contribution >= 4 is 23.9 Å². The molecule has 0 bridgehead atoms. The van der Waals surface area contributed by atoms with Crippen molar-refractivity contribution in [3.63, 3.8) is 0 Å². The molecule has 1 aliphatic rings. The summed E-state index contributed by atoms with van der Waals surface area (Å²) in [5.41, 5.74) is 6.05. The summed E-state index contributed by atoms with van der Waals surface area (Å²) < 4.78 is 25.6. The number of ether oxygens (including phenoxy) is 5. The molecule has 1 aliphatic heterocycles. The van der Waals surface area contributed by atoms with Gasteiger partial charge in [0.1, 0.15) is 6.04 Å². The van der Waals surface area contributed by atoms with Gasteiger partial charge in [-0.3, -0.25) is 19.2 Å². The molecule has 0 aromatic heterocycles. The minimum absolute atomic E-state index is 0.278. The highest BCUT2D eigenvalue weighted by atomic mass is 16.7. The number of carbonyl (C=O) groups excluding carboxylic acids is 4. The van der Waals surface area contributed by atoms with Crippen LogP contribution in [0.1, 0.15) is 27.7 Å². The second kappa shape index (κ2) is 8.06. The second-order valence-electron chi connectivity index (χ2n) is 5.24. The van der Waals surface area contributed by atoms with Gasteiger partial charge < -0.3 is 29.4 Å². The number of rotatable bonds is 5. The van der Waals surface area contributed by atoms with Crippen LogP contribution in [0.5, 0.6) is 0 Å². The van der Waals surface area contributed by atoms with Crippen molar-refractivity contribution in [1.82, 2.24) is 0 Å². The van der Waals surface area contributed by atoms with E-state index in [1.54, 1.807) is 0 Å². The maximum Gasteiger partial charge on any atom is 0.305 e. The van der Waals surface area contributed by atoms with Crippen LogP contribution >= 0.6 is 0 Å². The van der Waals surface area contributed by atoms with Gasteiger partial charge in [-0.15, -0.1) is 0 Å². The van der Waals surface area contributed by atoms with Crippen LogP contribution in [0.25, 0.3) is 0 Å². The zero-order chi connectivity index (χ0) is 18.5. The van der Waals surface area contributed by atoms with E-state index in [1.165, 1.54) is 6.92 Å². The van der Waals surface area contributed by atoms with E-state index < -0.39 is 54.5 Å². The molecule has 0 aliphatic carbocycles. The Morgan fingerprint density at radius 3 is 2.04 bits per heavy atom. The van der Waals surface area contributed by atoms with Crippen LogP contribution in [0.15, 0.2) is 0 Å². The Labute approximate surface area is 138 Å². The normalized spacial score (nSPS) is 29.3. The van der Waals surface area contributed by atoms with Gasteiger partial charge in [-0.1, -0.05) is 0 Å². The zero-order valence-electron chi connectivity index (χ0n) is 13.9. The number of esters is 4. The molecular formula is C14H21NO9. The molecular weight excluding hydrogens is 326 g/mol. The van der Waals surface area contributed by atoms with Crippen LogP contribution in [-0.4, -0.2) is 61.1 Å². The number of hydrogen-bond acceptors (Lipinski definition) is 10. The fraction of sp³-hybridized carbons (Fsp3) is 0.714. The average molecular weight is 347 g/mol. The van der Waals surface area contributed by atoms with E-state index in [2.05, 4.69) is 0 Å². The third-order valence-electron chi connectivity index (χ3n) is 3.13. The van der Waals surface area contributed by atoms with Gasteiger partial charge >= 0.3 is 23.9 Å². The molecule has 0 spiro atoms. The fourth-order valence-corrected chi connectivity index (χ4v) is 2.26. The molecule has 10 heteroatoms. The van der Waals surface area contributed by atoms with Gasteiger partial charge in [-0.05, 0) is 0 Å². The summed E-state index contributed by atoms with van der Waals surface area (Å²) in [7, 11) is 0. The van der Waals surface area contributed by atoms with Crippen LogP contribution in [0, 0.1) is 0 Å². The second-order valence-corrected chi connectivity index (χ2v) is 5.24. The molecule has 0 amide bonds. The van der Waals surface area contributed by atoms with E-state index in [0.29, 0.717) is 0 Å². The van der Waals surface area contributed by atoms with E-state index in [4.69, 9.17) is 29.4 Å². The standard InChI is InChI=1S/C14H21NO9/c1-7(16)20-6-14(24-10(4)19)13(15)12(23-9(3)18)11(5-21-14)22-8(2)17/h11-13H,5-6,15H2,1-4H3/t11-,12-,13+,14+/m0/s1. The molecule has 0 radical (unpaired) electrons. The van der Waals surface area contributed by atoms with Crippen molar-refractivity contribution in [3.8, 4) is 0 Å². The molecule has 0 aromatic carbocycles. The Hall–Kier alpha value is -2.20. The first-order valence-corrected chi connectivity index (χ1v) is 7.14. The molecule has 0 aromatic rings. The molecule has 24 heavy (non-hydrogen) atoms. The number of nitrogens with two attached hydrogens (primary N) is 1. The molecule has 1 fully saturated rings. The highest BCUT2D eigenvalue weighted by molar-refractivity contribution is 5.68. The van der Waals surface area contributed by atoms with Gasteiger partial charge in [-0.25, -0.2) is 0 Å². The van der Waals surface area contributed by atoms with E-state index in [-0.39, 0.29) is 6.61 Å². The van der Waals surface area contributed by atoms with Crippen molar-refractivity contribution in [3.05, 3.63) is 0 Å². The molecule has 1 saturated heterocycles. The van der Waals surface area contributed by atoms with Gasteiger partial charge in [0.25, 0.3) is 5.79 Å². The SMILES string of the molecule is CC(=O)OC[C@]1(OC(C)=O)OC[C@H](OC(C)=O)[C@H](OC(C)=O)[C@H]1N. The molecule has 2 N–H and O–H groups in total. The minimum atomic E-state index is -1.87. The molecule has 10 nitrogen and oxygen atoms in total. The first kappa shape index (κ1) is 19.8. The van der Waals surface area contributed by atoms with Gasteiger partial charge in [0.05, 0.1) is 6.61 Å². The van der Waals surface area contributed by atoms with Gasteiger partial charge in [0, 0.05) is 27.7 Å².